The molecule has 1 fully saturated rings. The second kappa shape index (κ2) is 4.78. The molecule has 2 rings (SSSR count). The number of carbonyl (C=O) groups is 1. The highest BCUT2D eigenvalue weighted by molar-refractivity contribution is 9.10. The third-order valence-corrected chi connectivity index (χ3v) is 3.63. The molecule has 1 aliphatic heterocycles. The van der Waals surface area contributed by atoms with Gasteiger partial charge < -0.3 is 10.0 Å². The summed E-state index contributed by atoms with van der Waals surface area (Å²) >= 11 is 3.42. The molecule has 0 aromatic heterocycles. The van der Waals surface area contributed by atoms with Crippen LogP contribution >= 0.6 is 15.9 Å². The molecule has 4 heteroatoms. The number of hydrogen-bond donors (Lipinski definition) is 1. The Kier molecular flexibility index (Phi) is 3.54. The van der Waals surface area contributed by atoms with Gasteiger partial charge in [-0.1, -0.05) is 15.9 Å². The molecular formula is C13H16BrNO2. The molecule has 1 heterocycles. The van der Waals surface area contributed by atoms with Gasteiger partial charge in [0.05, 0.1) is 5.60 Å². The van der Waals surface area contributed by atoms with Crippen molar-refractivity contribution in [3.63, 3.8) is 0 Å². The number of rotatable bonds is 2. The van der Waals surface area contributed by atoms with Crippen molar-refractivity contribution in [2.45, 2.75) is 25.4 Å². The fourth-order valence-corrected chi connectivity index (χ4v) is 2.67. The molecule has 1 atom stereocenters. The molecule has 92 valence electrons. The Balaban J connectivity index is 2.32. The first-order valence-electron chi connectivity index (χ1n) is 5.74. The molecule has 0 radical (unpaired) electrons. The van der Waals surface area contributed by atoms with Crippen LogP contribution in [0.1, 0.15) is 30.1 Å². The molecule has 0 bridgehead atoms. The average molecular weight is 298 g/mol. The van der Waals surface area contributed by atoms with E-state index in [0.717, 1.165) is 35.8 Å². The Hall–Kier alpha value is -0.870. The van der Waals surface area contributed by atoms with Crippen molar-refractivity contribution in [1.82, 2.24) is 0 Å². The highest BCUT2D eigenvalue weighted by Crippen LogP contribution is 2.29. The molecule has 0 spiro atoms. The van der Waals surface area contributed by atoms with E-state index >= 15 is 0 Å². The highest BCUT2D eigenvalue weighted by atomic mass is 79.9. The number of benzene rings is 1. The third kappa shape index (κ3) is 2.87. The lowest BCUT2D eigenvalue weighted by atomic mass is 9.94. The van der Waals surface area contributed by atoms with Crippen LogP contribution in [0.5, 0.6) is 0 Å². The first kappa shape index (κ1) is 12.6. The first-order valence-corrected chi connectivity index (χ1v) is 6.53. The summed E-state index contributed by atoms with van der Waals surface area (Å²) in [5, 5.41) is 10.1. The number of anilines is 1. The smallest absolute Gasteiger partial charge is 0.152 e. The number of hydrogen-bond acceptors (Lipinski definition) is 3. The molecule has 17 heavy (non-hydrogen) atoms. The SMILES string of the molecule is CC1(O)CCCN(c2cc(Br)ccc2C=O)C1. The van der Waals surface area contributed by atoms with Gasteiger partial charge in [-0.15, -0.1) is 0 Å². The van der Waals surface area contributed by atoms with Gasteiger partial charge in [-0.05, 0) is 38.0 Å². The van der Waals surface area contributed by atoms with E-state index in [-0.39, 0.29) is 0 Å². The van der Waals surface area contributed by atoms with Gasteiger partial charge >= 0.3 is 0 Å². The fourth-order valence-electron chi connectivity index (χ4n) is 2.32. The van der Waals surface area contributed by atoms with E-state index in [0.29, 0.717) is 12.1 Å². The van der Waals surface area contributed by atoms with Crippen LogP contribution in [0.25, 0.3) is 0 Å². The predicted octanol–water partition coefficient (Wildman–Crippen LogP) is 2.61. The van der Waals surface area contributed by atoms with Crippen molar-refractivity contribution in [1.29, 1.82) is 0 Å². The minimum absolute atomic E-state index is 0.574. The monoisotopic (exact) mass is 297 g/mol. The Bertz CT molecular complexity index is 431. The van der Waals surface area contributed by atoms with Crippen LogP contribution in [0.4, 0.5) is 5.69 Å². The van der Waals surface area contributed by atoms with Gasteiger partial charge in [0.1, 0.15) is 0 Å². The standard InChI is InChI=1S/C13H16BrNO2/c1-13(17)5-2-6-15(9-13)12-7-11(14)4-3-10(12)8-16/h3-4,7-8,17H,2,5-6,9H2,1H3. The van der Waals surface area contributed by atoms with Crippen LogP contribution in [-0.4, -0.2) is 30.1 Å². The van der Waals surface area contributed by atoms with Crippen LogP contribution < -0.4 is 4.90 Å². The lowest BCUT2D eigenvalue weighted by Crippen LogP contribution is -2.46. The zero-order chi connectivity index (χ0) is 12.5. The quantitative estimate of drug-likeness (QED) is 0.853. The molecular weight excluding hydrogens is 282 g/mol. The average Bonchev–Trinajstić information content (AvgIpc) is 2.27. The molecule has 1 aromatic rings. The summed E-state index contributed by atoms with van der Waals surface area (Å²) in [7, 11) is 0. The molecule has 3 nitrogen and oxygen atoms in total. The summed E-state index contributed by atoms with van der Waals surface area (Å²) in [6.07, 6.45) is 2.62. The van der Waals surface area contributed by atoms with Crippen LogP contribution in [0.2, 0.25) is 0 Å². The third-order valence-electron chi connectivity index (χ3n) is 3.14. The van der Waals surface area contributed by atoms with Crippen LogP contribution in [0.3, 0.4) is 0 Å². The van der Waals surface area contributed by atoms with E-state index in [2.05, 4.69) is 20.8 Å². The predicted molar refractivity (Wildman–Crippen MR) is 71.6 cm³/mol. The first-order chi connectivity index (χ1) is 8.02. The Morgan fingerprint density at radius 1 is 1.53 bits per heavy atom. The molecule has 1 unspecified atom stereocenters. The number of aliphatic hydroxyl groups is 1. The van der Waals surface area contributed by atoms with Crippen molar-refractivity contribution < 1.29 is 9.90 Å². The van der Waals surface area contributed by atoms with Crippen molar-refractivity contribution in [3.8, 4) is 0 Å². The minimum atomic E-state index is -0.666. The normalized spacial score (nSPS) is 24.8. The van der Waals surface area contributed by atoms with E-state index < -0.39 is 5.60 Å². The molecule has 1 N–H and O–H groups in total. The van der Waals surface area contributed by atoms with Gasteiger partial charge in [0.25, 0.3) is 0 Å². The number of aldehydes is 1. The van der Waals surface area contributed by atoms with E-state index in [1.165, 1.54) is 0 Å². The maximum absolute atomic E-state index is 11.0. The Morgan fingerprint density at radius 3 is 2.94 bits per heavy atom. The molecule has 0 aliphatic carbocycles. The van der Waals surface area contributed by atoms with Crippen LogP contribution in [0, 0.1) is 0 Å². The lowest BCUT2D eigenvalue weighted by molar-refractivity contribution is 0.0448. The second-order valence-electron chi connectivity index (χ2n) is 4.84. The zero-order valence-corrected chi connectivity index (χ0v) is 11.4. The summed E-state index contributed by atoms with van der Waals surface area (Å²) in [6, 6.07) is 5.59. The Labute approximate surface area is 110 Å². The molecule has 1 saturated heterocycles. The van der Waals surface area contributed by atoms with Crippen molar-refractivity contribution in [2.75, 3.05) is 18.0 Å². The van der Waals surface area contributed by atoms with Gasteiger partial charge in [-0.25, -0.2) is 0 Å². The van der Waals surface area contributed by atoms with Gasteiger partial charge in [0.2, 0.25) is 0 Å². The van der Waals surface area contributed by atoms with Crippen molar-refractivity contribution in [2.24, 2.45) is 0 Å². The van der Waals surface area contributed by atoms with Gasteiger partial charge in [-0.2, -0.15) is 0 Å². The lowest BCUT2D eigenvalue weighted by Gasteiger charge is -2.38. The Morgan fingerprint density at radius 2 is 2.29 bits per heavy atom. The largest absolute Gasteiger partial charge is 0.388 e. The van der Waals surface area contributed by atoms with Gasteiger partial charge in [-0.3, -0.25) is 4.79 Å². The maximum atomic E-state index is 11.0. The second-order valence-corrected chi connectivity index (χ2v) is 5.76. The number of piperidine rings is 1. The van der Waals surface area contributed by atoms with Crippen LogP contribution in [-0.2, 0) is 0 Å². The number of carbonyl (C=O) groups excluding carboxylic acids is 1. The molecule has 0 saturated carbocycles. The minimum Gasteiger partial charge on any atom is -0.388 e. The number of nitrogens with zero attached hydrogens (tertiary/aromatic N) is 1. The maximum Gasteiger partial charge on any atom is 0.152 e. The fraction of sp³-hybridized carbons (Fsp3) is 0.462. The van der Waals surface area contributed by atoms with E-state index in [4.69, 9.17) is 0 Å². The molecule has 1 aliphatic rings. The number of halogens is 1. The van der Waals surface area contributed by atoms with E-state index in [9.17, 15) is 9.90 Å². The van der Waals surface area contributed by atoms with E-state index in [1.54, 1.807) is 6.07 Å². The molecule has 1 aromatic carbocycles. The summed E-state index contributed by atoms with van der Waals surface area (Å²) in [4.78, 5) is 13.1. The summed E-state index contributed by atoms with van der Waals surface area (Å²) in [6.45, 7) is 3.30. The highest BCUT2D eigenvalue weighted by Gasteiger charge is 2.29. The summed E-state index contributed by atoms with van der Waals surface area (Å²) in [5.74, 6) is 0. The van der Waals surface area contributed by atoms with Gasteiger partial charge in [0, 0.05) is 28.8 Å². The number of β-amino-alcohol motifs (C(OH)–C–C–N with tert-alkyl or cyclic N) is 1. The molecule has 0 amide bonds. The van der Waals surface area contributed by atoms with Gasteiger partial charge in [0.15, 0.2) is 6.29 Å². The van der Waals surface area contributed by atoms with Crippen molar-refractivity contribution in [3.05, 3.63) is 28.2 Å². The van der Waals surface area contributed by atoms with Crippen LogP contribution in [0.15, 0.2) is 22.7 Å². The summed E-state index contributed by atoms with van der Waals surface area (Å²) < 4.78 is 0.948. The van der Waals surface area contributed by atoms with Crippen molar-refractivity contribution >= 4 is 27.9 Å². The topological polar surface area (TPSA) is 40.5 Å². The summed E-state index contributed by atoms with van der Waals surface area (Å²) in [5.41, 5.74) is 0.904. The van der Waals surface area contributed by atoms with E-state index in [1.807, 2.05) is 19.1 Å². The zero-order valence-electron chi connectivity index (χ0n) is 9.82.